The highest BCUT2D eigenvalue weighted by Gasteiger charge is 2.27. The van der Waals surface area contributed by atoms with Crippen molar-refractivity contribution in [3.8, 4) is 0 Å². The van der Waals surface area contributed by atoms with Crippen molar-refractivity contribution in [3.05, 3.63) is 33.8 Å². The maximum absolute atomic E-state index is 12.4. The Labute approximate surface area is 122 Å². The number of aliphatic hydroxyl groups excluding tert-OH is 2. The fourth-order valence-electron chi connectivity index (χ4n) is 1.80. The molecule has 0 bridgehead atoms. The predicted molar refractivity (Wildman–Crippen MR) is 78.1 cm³/mol. The number of carbonyl (C=O) groups is 1. The number of nitrogens with zero attached hydrogens (tertiary/aromatic N) is 1. The molecule has 0 saturated heterocycles. The van der Waals surface area contributed by atoms with Crippen LogP contribution in [0.25, 0.3) is 0 Å². The highest BCUT2D eigenvalue weighted by atomic mass is 79.9. The third kappa shape index (κ3) is 4.03. The summed E-state index contributed by atoms with van der Waals surface area (Å²) < 4.78 is 0.740. The van der Waals surface area contributed by atoms with Gasteiger partial charge in [-0.1, -0.05) is 18.6 Å². The zero-order valence-corrected chi connectivity index (χ0v) is 13.1. The Kier molecular flexibility index (Phi) is 5.52. The number of aliphatic hydroxyl groups is 2. The number of carbonyl (C=O) groups excluding carboxylic acids is 1. The van der Waals surface area contributed by atoms with Gasteiger partial charge in [-0.15, -0.1) is 0 Å². The number of rotatable bonds is 5. The lowest BCUT2D eigenvalue weighted by molar-refractivity contribution is 0.0366. The van der Waals surface area contributed by atoms with Crippen LogP contribution in [0.2, 0.25) is 0 Å². The van der Waals surface area contributed by atoms with Crippen LogP contribution in [0, 0.1) is 12.3 Å². The quantitative estimate of drug-likeness (QED) is 0.866. The van der Waals surface area contributed by atoms with Crippen LogP contribution in [-0.4, -0.2) is 47.8 Å². The van der Waals surface area contributed by atoms with Crippen LogP contribution >= 0.6 is 15.9 Å². The summed E-state index contributed by atoms with van der Waals surface area (Å²) in [6.07, 6.45) is 0. The molecule has 0 spiro atoms. The Bertz CT molecular complexity index is 458. The van der Waals surface area contributed by atoms with Gasteiger partial charge < -0.3 is 15.1 Å². The van der Waals surface area contributed by atoms with E-state index < -0.39 is 5.41 Å². The van der Waals surface area contributed by atoms with Gasteiger partial charge >= 0.3 is 0 Å². The van der Waals surface area contributed by atoms with Gasteiger partial charge in [0.05, 0.1) is 18.8 Å². The molecule has 106 valence electrons. The normalized spacial score (nSPS) is 11.5. The summed E-state index contributed by atoms with van der Waals surface area (Å²) >= 11 is 3.37. The second-order valence-corrected chi connectivity index (χ2v) is 6.13. The van der Waals surface area contributed by atoms with E-state index in [-0.39, 0.29) is 19.1 Å². The topological polar surface area (TPSA) is 60.8 Å². The van der Waals surface area contributed by atoms with Crippen molar-refractivity contribution in [3.63, 3.8) is 0 Å². The van der Waals surface area contributed by atoms with Gasteiger partial charge in [0.2, 0.25) is 0 Å². The van der Waals surface area contributed by atoms with Gasteiger partial charge in [0.25, 0.3) is 5.91 Å². The summed E-state index contributed by atoms with van der Waals surface area (Å²) in [5.41, 5.74) is 0.897. The number of halogens is 1. The number of hydrogen-bond acceptors (Lipinski definition) is 3. The molecule has 0 aromatic heterocycles. The molecule has 1 amide bonds. The molecular formula is C14H20BrNO3. The van der Waals surface area contributed by atoms with Crippen molar-refractivity contribution in [1.82, 2.24) is 4.90 Å². The van der Waals surface area contributed by atoms with Crippen molar-refractivity contribution in [2.75, 3.05) is 26.8 Å². The van der Waals surface area contributed by atoms with Crippen molar-refractivity contribution in [2.24, 2.45) is 5.41 Å². The number of amides is 1. The first-order valence-corrected chi connectivity index (χ1v) is 6.85. The number of benzene rings is 1. The molecule has 0 atom stereocenters. The molecule has 0 fully saturated rings. The van der Waals surface area contributed by atoms with Crippen molar-refractivity contribution >= 4 is 21.8 Å². The molecule has 5 heteroatoms. The third-order valence-corrected chi connectivity index (χ3v) is 3.77. The highest BCUT2D eigenvalue weighted by Crippen LogP contribution is 2.22. The monoisotopic (exact) mass is 329 g/mol. The van der Waals surface area contributed by atoms with E-state index in [2.05, 4.69) is 15.9 Å². The zero-order chi connectivity index (χ0) is 14.6. The summed E-state index contributed by atoms with van der Waals surface area (Å²) in [6.45, 7) is 3.61. The van der Waals surface area contributed by atoms with E-state index in [1.165, 1.54) is 4.90 Å². The molecule has 0 radical (unpaired) electrons. The average molecular weight is 330 g/mol. The lowest BCUT2D eigenvalue weighted by Crippen LogP contribution is -2.41. The molecule has 0 aliphatic heterocycles. The van der Waals surface area contributed by atoms with Crippen LogP contribution in [-0.2, 0) is 0 Å². The molecule has 4 nitrogen and oxygen atoms in total. The summed E-state index contributed by atoms with van der Waals surface area (Å²) in [7, 11) is 1.67. The standard InChI is InChI=1S/C14H20BrNO3/c1-10-4-5-12(15)11(6-10)13(19)16(3)7-14(2,8-17)9-18/h4-6,17-18H,7-9H2,1-3H3. The number of hydrogen-bond donors (Lipinski definition) is 2. The Morgan fingerprint density at radius 1 is 1.37 bits per heavy atom. The predicted octanol–water partition coefficient (Wildman–Crippen LogP) is 1.82. The van der Waals surface area contributed by atoms with E-state index >= 15 is 0 Å². The SMILES string of the molecule is Cc1ccc(Br)c(C(=O)N(C)CC(C)(CO)CO)c1. The third-order valence-electron chi connectivity index (χ3n) is 3.08. The highest BCUT2D eigenvalue weighted by molar-refractivity contribution is 9.10. The van der Waals surface area contributed by atoms with Gasteiger partial charge in [-0.25, -0.2) is 0 Å². The Morgan fingerprint density at radius 2 is 1.95 bits per heavy atom. The van der Waals surface area contributed by atoms with Crippen molar-refractivity contribution < 1.29 is 15.0 Å². The second-order valence-electron chi connectivity index (χ2n) is 5.27. The largest absolute Gasteiger partial charge is 0.396 e. The molecule has 1 aromatic carbocycles. The molecule has 2 N–H and O–H groups in total. The van der Waals surface area contributed by atoms with Gasteiger partial charge in [-0.05, 0) is 35.0 Å². The van der Waals surface area contributed by atoms with E-state index in [1.807, 2.05) is 25.1 Å². The molecule has 1 aromatic rings. The van der Waals surface area contributed by atoms with Crippen LogP contribution in [0.5, 0.6) is 0 Å². The molecule has 0 unspecified atom stereocenters. The van der Waals surface area contributed by atoms with E-state index in [0.29, 0.717) is 12.1 Å². The maximum Gasteiger partial charge on any atom is 0.254 e. The smallest absolute Gasteiger partial charge is 0.254 e. The summed E-state index contributed by atoms with van der Waals surface area (Å²) in [4.78, 5) is 13.9. The minimum atomic E-state index is -0.694. The summed E-state index contributed by atoms with van der Waals surface area (Å²) in [5.74, 6) is -0.135. The minimum absolute atomic E-state index is 0.135. The van der Waals surface area contributed by atoms with E-state index in [4.69, 9.17) is 0 Å². The van der Waals surface area contributed by atoms with E-state index in [9.17, 15) is 15.0 Å². The summed E-state index contributed by atoms with van der Waals surface area (Å²) in [5, 5.41) is 18.6. The van der Waals surface area contributed by atoms with Crippen LogP contribution < -0.4 is 0 Å². The lowest BCUT2D eigenvalue weighted by atomic mass is 9.92. The zero-order valence-electron chi connectivity index (χ0n) is 11.5. The number of aryl methyl sites for hydroxylation is 1. The van der Waals surface area contributed by atoms with Gasteiger partial charge in [0, 0.05) is 23.5 Å². The molecule has 0 saturated carbocycles. The fraction of sp³-hybridized carbons (Fsp3) is 0.500. The first kappa shape index (κ1) is 16.1. The Balaban J connectivity index is 2.91. The van der Waals surface area contributed by atoms with E-state index in [1.54, 1.807) is 14.0 Å². The minimum Gasteiger partial charge on any atom is -0.396 e. The molecule has 0 aliphatic carbocycles. The van der Waals surface area contributed by atoms with Gasteiger partial charge in [0.15, 0.2) is 0 Å². The Hall–Kier alpha value is -0.910. The van der Waals surface area contributed by atoms with E-state index in [0.717, 1.165) is 10.0 Å². The van der Waals surface area contributed by atoms with Crippen LogP contribution in [0.4, 0.5) is 0 Å². The molecule has 0 heterocycles. The first-order chi connectivity index (χ1) is 8.83. The van der Waals surface area contributed by atoms with Crippen LogP contribution in [0.1, 0.15) is 22.8 Å². The van der Waals surface area contributed by atoms with Crippen LogP contribution in [0.15, 0.2) is 22.7 Å². The average Bonchev–Trinajstić information content (AvgIpc) is 2.40. The fourth-order valence-corrected chi connectivity index (χ4v) is 2.22. The van der Waals surface area contributed by atoms with Crippen LogP contribution in [0.3, 0.4) is 0 Å². The van der Waals surface area contributed by atoms with Gasteiger partial charge in [-0.2, -0.15) is 0 Å². The Morgan fingerprint density at radius 3 is 2.47 bits per heavy atom. The molecular weight excluding hydrogens is 310 g/mol. The molecule has 0 aliphatic rings. The van der Waals surface area contributed by atoms with Gasteiger partial charge in [-0.3, -0.25) is 4.79 Å². The van der Waals surface area contributed by atoms with Crippen molar-refractivity contribution in [1.29, 1.82) is 0 Å². The van der Waals surface area contributed by atoms with Gasteiger partial charge in [0.1, 0.15) is 0 Å². The maximum atomic E-state index is 12.4. The lowest BCUT2D eigenvalue weighted by Gasteiger charge is -2.30. The molecule has 1 rings (SSSR count). The second kappa shape index (κ2) is 6.50. The summed E-state index contributed by atoms with van der Waals surface area (Å²) in [6, 6.07) is 5.58. The van der Waals surface area contributed by atoms with Crippen molar-refractivity contribution in [2.45, 2.75) is 13.8 Å². The molecule has 19 heavy (non-hydrogen) atoms. The first-order valence-electron chi connectivity index (χ1n) is 6.06.